The first kappa shape index (κ1) is 67.7. The number of phenols is 4. The van der Waals surface area contributed by atoms with Crippen LogP contribution in [-0.4, -0.2) is 93.0 Å². The number of thiocarbonyl (C=S) groups is 1. The minimum atomic E-state index is -1.08. The fourth-order valence-electron chi connectivity index (χ4n) is 7.60. The van der Waals surface area contributed by atoms with Gasteiger partial charge in [-0.15, -0.1) is 12.6 Å². The number of hydrogen-bond donors (Lipinski definition) is 6. The van der Waals surface area contributed by atoms with Gasteiger partial charge in [-0.05, 0) is 105 Å². The van der Waals surface area contributed by atoms with Gasteiger partial charge in [0.15, 0.2) is 11.6 Å². The number of carbonyl (C=O) groups excluding carboxylic acids is 3. The summed E-state index contributed by atoms with van der Waals surface area (Å²) in [6.07, 6.45) is 15.9. The Morgan fingerprint density at radius 2 is 1.30 bits per heavy atom. The third-order valence-corrected chi connectivity index (χ3v) is 17.4. The van der Waals surface area contributed by atoms with Crippen LogP contribution < -0.4 is 19.0 Å². The molecule has 5 heterocycles. The van der Waals surface area contributed by atoms with Crippen molar-refractivity contribution in [2.75, 3.05) is 45.8 Å². The van der Waals surface area contributed by atoms with Gasteiger partial charge in [0.1, 0.15) is 46.5 Å². The molecule has 21 heteroatoms. The van der Waals surface area contributed by atoms with Gasteiger partial charge in [0.2, 0.25) is 0 Å². The Kier molecular flexibility index (Phi) is 28.6. The van der Waals surface area contributed by atoms with E-state index in [9.17, 15) is 30.0 Å². The van der Waals surface area contributed by atoms with Crippen molar-refractivity contribution in [2.24, 2.45) is 5.41 Å². The molecular formula is C56H73N7O8S6. The van der Waals surface area contributed by atoms with E-state index in [1.54, 1.807) is 40.9 Å². The number of fused-ring (bicyclic) bond motifs is 2. The topological polar surface area (TPSA) is 230 Å². The average Bonchev–Trinajstić information content (AvgIpc) is 4.04. The second-order valence-electron chi connectivity index (χ2n) is 21.0. The zero-order valence-electron chi connectivity index (χ0n) is 45.8. The molecule has 0 atom stereocenters. The number of piperidine rings is 3. The van der Waals surface area contributed by atoms with E-state index in [-0.39, 0.29) is 57.3 Å². The summed E-state index contributed by atoms with van der Waals surface area (Å²) >= 11 is 14.5. The molecule has 1 aliphatic carbocycles. The predicted molar refractivity (Wildman–Crippen MR) is 318 cm³/mol. The number of thioether (sulfide) groups is 2. The number of thiol groups is 1. The molecule has 0 radical (unpaired) electrons. The number of benzene rings is 2. The van der Waals surface area contributed by atoms with Gasteiger partial charge in [0.25, 0.3) is 12.2 Å². The lowest BCUT2D eigenvalue weighted by Gasteiger charge is -2.26. The molecule has 3 fully saturated rings. The van der Waals surface area contributed by atoms with Crippen molar-refractivity contribution in [3.05, 3.63) is 83.8 Å². The number of allylic oxidation sites excluding steroid dienone is 5. The number of aliphatic carboxylic acids is 1. The third kappa shape index (κ3) is 22.5. The van der Waals surface area contributed by atoms with Gasteiger partial charge in [0, 0.05) is 48.6 Å². The van der Waals surface area contributed by atoms with Crippen molar-refractivity contribution in [3.8, 4) is 35.1 Å². The standard InChI is InChI=1S/C16H21NO2S2.C14H12N2O2S2.C10H12O2.C6H11NS2.C5H11N.C3H2N2.C2H4O2/c1-16(2,3)10-9-11(18)13-14(12(10)19)21-15(20-13)17-7-5-4-6-8-17;1-14(2,3)7-5-9(17)11-12(10(7)18)20-13(19-11)8(6-15)16-4;1-10(2,3)8-6-7(11)4-5-9(8)12;8-6(9)7-4-2-1-3-5-7;1-2-4-6-5-3-1;1-5-3-2-4;1-2(3)4/h9H,4-8H2,1-3H3,(H-,18,19);5,17-18H,1-3H3;4-6H,1-3H3;1-5H2,(H,8,9);6H,1-5H2;3H2;1H3,(H,3,4)/b;13-8-;;;;;. The highest BCUT2D eigenvalue weighted by Crippen LogP contribution is 2.60. The van der Waals surface area contributed by atoms with Gasteiger partial charge in [-0.3, -0.25) is 9.59 Å². The highest BCUT2D eigenvalue weighted by Gasteiger charge is 2.32. The zero-order valence-corrected chi connectivity index (χ0v) is 50.8. The van der Waals surface area contributed by atoms with Crippen LogP contribution in [0.15, 0.2) is 55.7 Å². The third-order valence-electron chi connectivity index (χ3n) is 11.5. The summed E-state index contributed by atoms with van der Waals surface area (Å²) in [6.45, 7) is 38.6. The van der Waals surface area contributed by atoms with Crippen LogP contribution in [0, 0.1) is 41.2 Å². The van der Waals surface area contributed by atoms with E-state index < -0.39 is 5.97 Å². The summed E-state index contributed by atoms with van der Waals surface area (Å²) < 4.78 is 6.47. The van der Waals surface area contributed by atoms with Gasteiger partial charge in [-0.2, -0.15) is 5.26 Å². The Morgan fingerprint density at radius 1 is 0.792 bits per heavy atom. The number of likely N-dealkylation sites (tertiary alicyclic amines) is 1. The smallest absolute Gasteiger partial charge is 0.315 e. The maximum Gasteiger partial charge on any atom is 0.315 e. The number of carboxylic acid groups (broad SMARTS) is 1. The zero-order chi connectivity index (χ0) is 58.3. The molecular weight excluding hydrogens is 1090 g/mol. The number of carboxylic acids is 1. The normalized spacial score (nSPS) is 16.4. The molecule has 3 aromatic rings. The Bertz CT molecular complexity index is 2870. The molecule has 1 aromatic heterocycles. The summed E-state index contributed by atoms with van der Waals surface area (Å²) in [4.78, 5) is 40.2. The first-order valence-electron chi connectivity index (χ1n) is 25.1. The molecule has 0 spiro atoms. The molecule has 0 saturated carbocycles. The lowest BCUT2D eigenvalue weighted by molar-refractivity contribution is -0.302. The molecule has 3 saturated heterocycles. The summed E-state index contributed by atoms with van der Waals surface area (Å²) in [7, 11) is 0. The van der Waals surface area contributed by atoms with E-state index in [0.717, 1.165) is 75.9 Å². The molecule has 0 bridgehead atoms. The lowest BCUT2D eigenvalue weighted by Crippen LogP contribution is -2.31. The first-order chi connectivity index (χ1) is 36.0. The Morgan fingerprint density at radius 3 is 1.71 bits per heavy atom. The van der Waals surface area contributed by atoms with Gasteiger partial charge >= 0.3 is 3.98 Å². The number of nitrogens with one attached hydrogen (secondary N) is 1. The molecule has 416 valence electrons. The van der Waals surface area contributed by atoms with Gasteiger partial charge in [-0.25, -0.2) is 21.3 Å². The Balaban J connectivity index is 0.000000332. The van der Waals surface area contributed by atoms with Crippen LogP contribution in [0.3, 0.4) is 0 Å². The number of aromatic hydroxyl groups is 4. The molecule has 0 unspecified atom stereocenters. The molecule has 5 N–H and O–H groups in total. The second kappa shape index (κ2) is 32.5. The van der Waals surface area contributed by atoms with E-state index in [4.69, 9.17) is 45.8 Å². The molecule has 15 nitrogen and oxygen atoms in total. The van der Waals surface area contributed by atoms with E-state index in [1.807, 2.05) is 47.6 Å². The highest BCUT2D eigenvalue weighted by atomic mass is 32.2. The van der Waals surface area contributed by atoms with Crippen molar-refractivity contribution >= 4 is 102 Å². The molecule has 8 rings (SSSR count). The van der Waals surface area contributed by atoms with Crippen molar-refractivity contribution in [1.82, 2.24) is 14.8 Å². The monoisotopic (exact) mass is 1160 g/mol. The highest BCUT2D eigenvalue weighted by molar-refractivity contribution is 8.24. The predicted octanol–water partition coefficient (Wildman–Crippen LogP) is 11.1. The average molecular weight is 1160 g/mol. The molecule has 0 amide bonds. The number of rotatable bonds is 0. The number of ketones is 2. The van der Waals surface area contributed by atoms with Crippen molar-refractivity contribution in [2.45, 2.75) is 148 Å². The van der Waals surface area contributed by atoms with Crippen LogP contribution in [0.2, 0.25) is 0 Å². The summed E-state index contributed by atoms with van der Waals surface area (Å²) in [6, 6.07) is 6.77. The SMILES string of the molecule is C1CCNCC1.CC(=O)[O-].CC(C)(C)C1=CC(=O)C=CC1=O.CC(C)(C)c1cc(O)c2sc(=[N+]3CCCCC3)sc2c1O.S=C(S)N1CCCCC1.[C-]#[N+]/C(C#N)=C1/Sc2c(O)cc(C(C)(C)C)c(O)c2S1.[C-]#[N+]CC#N. The fourth-order valence-corrected chi connectivity index (χ4v) is 13.1. The van der Waals surface area contributed by atoms with Crippen LogP contribution in [0.25, 0.3) is 19.1 Å². The molecule has 4 aliphatic heterocycles. The number of carbonyl (C=O) groups is 3. The van der Waals surface area contributed by atoms with Gasteiger partial charge in [-0.1, -0.05) is 127 Å². The fraction of sp³-hybridized carbons (Fsp3) is 0.518. The number of phenolic OH excluding ortho intramolecular Hbond substituents is 4. The Hall–Kier alpha value is -5.36. The van der Waals surface area contributed by atoms with Crippen molar-refractivity contribution < 1.29 is 39.9 Å². The maximum atomic E-state index is 11.3. The van der Waals surface area contributed by atoms with Crippen LogP contribution in [0.1, 0.15) is 138 Å². The molecule has 5 aliphatic rings. The largest absolute Gasteiger partial charge is 0.550 e. The quantitative estimate of drug-likeness (QED) is 0.0180. The van der Waals surface area contributed by atoms with Crippen molar-refractivity contribution in [3.63, 3.8) is 0 Å². The minimum absolute atomic E-state index is 0.0139. The molecule has 77 heavy (non-hydrogen) atoms. The minimum Gasteiger partial charge on any atom is -0.550 e. The van der Waals surface area contributed by atoms with Crippen LogP contribution in [-0.2, 0) is 25.2 Å². The van der Waals surface area contributed by atoms with E-state index in [1.165, 1.54) is 93.1 Å². The lowest BCUT2D eigenvalue weighted by atomic mass is 9.81. The second-order valence-corrected chi connectivity index (χ2v) is 26.7. The summed E-state index contributed by atoms with van der Waals surface area (Å²) in [5.74, 6) is -0.434. The maximum absolute atomic E-state index is 11.3. The summed E-state index contributed by atoms with van der Waals surface area (Å²) in [5.41, 5.74) is 1.29. The number of hydrogen-bond acceptors (Lipinski definition) is 16. The van der Waals surface area contributed by atoms with Crippen LogP contribution >= 0.6 is 71.0 Å². The van der Waals surface area contributed by atoms with Gasteiger partial charge in [0.05, 0.1) is 36.1 Å². The van der Waals surface area contributed by atoms with E-state index in [0.29, 0.717) is 30.9 Å². The molecule has 2 aromatic carbocycles. The number of nitrogens with zero attached hydrogens (tertiary/aromatic N) is 6. The first-order valence-corrected chi connectivity index (χ1v) is 29.2. The van der Waals surface area contributed by atoms with E-state index in [2.05, 4.69) is 57.9 Å². The van der Waals surface area contributed by atoms with Crippen molar-refractivity contribution in [1.29, 1.82) is 10.5 Å². The van der Waals surface area contributed by atoms with Gasteiger partial charge < -0.3 is 45.4 Å². The van der Waals surface area contributed by atoms with Crippen LogP contribution in [0.4, 0.5) is 0 Å². The summed E-state index contributed by atoms with van der Waals surface area (Å²) in [5, 5.41) is 70.1. The Labute approximate surface area is 482 Å². The van der Waals surface area contributed by atoms with E-state index >= 15 is 0 Å². The van der Waals surface area contributed by atoms with Crippen LogP contribution in [0.5, 0.6) is 23.0 Å². The number of nitriles is 2.